The van der Waals surface area contributed by atoms with Gasteiger partial charge in [-0.2, -0.15) is 0 Å². The Morgan fingerprint density at radius 3 is 2.25 bits per heavy atom. The number of fused-ring (bicyclic) bond motifs is 2. The average molecular weight is 406 g/mol. The minimum atomic E-state index is -3.69. The zero-order valence-electron chi connectivity index (χ0n) is 16.7. The first-order valence-corrected chi connectivity index (χ1v) is 12.2. The summed E-state index contributed by atoms with van der Waals surface area (Å²) >= 11 is 0. The third kappa shape index (κ3) is 4.06. The van der Waals surface area contributed by atoms with Crippen LogP contribution in [0.25, 0.3) is 0 Å². The Kier molecular flexibility index (Phi) is 5.65. The third-order valence-corrected chi connectivity index (χ3v) is 8.29. The predicted octanol–water partition coefficient (Wildman–Crippen LogP) is 2.99. The molecule has 0 aromatic heterocycles. The lowest BCUT2D eigenvalue weighted by molar-refractivity contribution is 0.256. The van der Waals surface area contributed by atoms with Gasteiger partial charge in [0.2, 0.25) is 10.0 Å². The van der Waals surface area contributed by atoms with Gasteiger partial charge in [-0.25, -0.2) is 17.9 Å². The summed E-state index contributed by atoms with van der Waals surface area (Å²) in [5.41, 5.74) is 5.92. The molecule has 0 spiro atoms. The van der Waals surface area contributed by atoms with Gasteiger partial charge in [0.05, 0.1) is 5.25 Å². The number of nitrogens with zero attached hydrogens (tertiary/aromatic N) is 1. The number of aryl methyl sites for hydroxylation is 2. The molecule has 1 aliphatic heterocycles. The van der Waals surface area contributed by atoms with Gasteiger partial charge < -0.3 is 10.2 Å². The van der Waals surface area contributed by atoms with E-state index in [4.69, 9.17) is 0 Å². The van der Waals surface area contributed by atoms with Crippen molar-refractivity contribution in [3.8, 4) is 0 Å². The lowest BCUT2D eigenvalue weighted by Crippen LogP contribution is -2.41. The monoisotopic (exact) mass is 405 g/mol. The van der Waals surface area contributed by atoms with Crippen LogP contribution in [0.15, 0.2) is 6.07 Å². The summed E-state index contributed by atoms with van der Waals surface area (Å²) in [6.07, 6.45) is 9.12. The first-order chi connectivity index (χ1) is 13.4. The maximum Gasteiger partial charge on any atom is 0.332 e. The Morgan fingerprint density at radius 1 is 1.04 bits per heavy atom. The summed E-state index contributed by atoms with van der Waals surface area (Å²) in [6.45, 7) is 4.54. The van der Waals surface area contributed by atoms with Crippen molar-refractivity contribution in [2.75, 3.05) is 25.0 Å². The third-order valence-electron chi connectivity index (χ3n) is 6.53. The molecule has 3 aliphatic rings. The highest BCUT2D eigenvalue weighted by molar-refractivity contribution is 7.90. The van der Waals surface area contributed by atoms with Crippen molar-refractivity contribution in [1.29, 1.82) is 0 Å². The Morgan fingerprint density at radius 2 is 1.64 bits per heavy atom. The van der Waals surface area contributed by atoms with E-state index in [2.05, 4.69) is 21.0 Å². The molecule has 28 heavy (non-hydrogen) atoms. The van der Waals surface area contributed by atoms with Crippen LogP contribution in [0.1, 0.15) is 61.3 Å². The van der Waals surface area contributed by atoms with Crippen molar-refractivity contribution in [2.24, 2.45) is 0 Å². The second-order valence-corrected chi connectivity index (χ2v) is 10.6. The largest absolute Gasteiger partial charge is 0.332 e. The van der Waals surface area contributed by atoms with Crippen LogP contribution in [-0.2, 0) is 35.7 Å². The fourth-order valence-corrected chi connectivity index (χ4v) is 5.79. The fourth-order valence-electron chi connectivity index (χ4n) is 4.86. The summed E-state index contributed by atoms with van der Waals surface area (Å²) in [5.74, 6) is 0. The van der Waals surface area contributed by atoms with Crippen molar-refractivity contribution in [1.82, 2.24) is 9.62 Å². The number of benzene rings is 1. The molecule has 7 heteroatoms. The predicted molar refractivity (Wildman–Crippen MR) is 111 cm³/mol. The quantitative estimate of drug-likeness (QED) is 0.763. The van der Waals surface area contributed by atoms with Crippen LogP contribution in [0, 0.1) is 0 Å². The molecule has 1 unspecified atom stereocenters. The van der Waals surface area contributed by atoms with Gasteiger partial charge in [0.25, 0.3) is 0 Å². The second-order valence-electron chi connectivity index (χ2n) is 8.48. The number of hydrogen-bond donors (Lipinski definition) is 2. The highest BCUT2D eigenvalue weighted by atomic mass is 32.2. The molecule has 1 heterocycles. The Hall–Kier alpha value is -1.60. The van der Waals surface area contributed by atoms with Crippen molar-refractivity contribution >= 4 is 21.7 Å². The topological polar surface area (TPSA) is 78.5 Å². The maximum absolute atomic E-state index is 12.6. The first-order valence-electron chi connectivity index (χ1n) is 10.7. The number of carbonyl (C=O) groups excluding carboxylic acids is 1. The van der Waals surface area contributed by atoms with E-state index in [0.29, 0.717) is 6.42 Å². The van der Waals surface area contributed by atoms with E-state index < -0.39 is 21.3 Å². The van der Waals surface area contributed by atoms with Crippen molar-refractivity contribution < 1.29 is 13.2 Å². The zero-order chi connectivity index (χ0) is 19.7. The molecule has 154 valence electrons. The lowest BCUT2D eigenvalue weighted by atomic mass is 9.99. The Labute approximate surface area is 168 Å². The molecule has 0 bridgehead atoms. The number of hydrogen-bond acceptors (Lipinski definition) is 4. The van der Waals surface area contributed by atoms with Gasteiger partial charge in [0, 0.05) is 5.69 Å². The molecule has 2 amide bonds. The van der Waals surface area contributed by atoms with E-state index >= 15 is 0 Å². The van der Waals surface area contributed by atoms with E-state index in [1.807, 2.05) is 0 Å². The number of amides is 2. The van der Waals surface area contributed by atoms with E-state index in [-0.39, 0.29) is 0 Å². The van der Waals surface area contributed by atoms with Crippen LogP contribution in [0.4, 0.5) is 10.5 Å². The summed E-state index contributed by atoms with van der Waals surface area (Å²) in [5, 5.41) is 2.32. The highest BCUT2D eigenvalue weighted by Crippen LogP contribution is 2.38. The van der Waals surface area contributed by atoms with E-state index in [0.717, 1.165) is 63.8 Å². The summed E-state index contributed by atoms with van der Waals surface area (Å²) < 4.78 is 27.5. The van der Waals surface area contributed by atoms with Crippen LogP contribution < -0.4 is 10.0 Å². The Balaban J connectivity index is 1.41. The maximum atomic E-state index is 12.6. The number of likely N-dealkylation sites (tertiary alicyclic amines) is 1. The molecule has 0 radical (unpaired) electrons. The van der Waals surface area contributed by atoms with Gasteiger partial charge in [0.15, 0.2) is 0 Å². The normalized spacial score (nSPS) is 20.0. The van der Waals surface area contributed by atoms with Crippen LogP contribution in [0.5, 0.6) is 0 Å². The number of anilines is 1. The lowest BCUT2D eigenvalue weighted by Gasteiger charge is -2.20. The van der Waals surface area contributed by atoms with Gasteiger partial charge >= 0.3 is 6.03 Å². The van der Waals surface area contributed by atoms with Gasteiger partial charge in [0.1, 0.15) is 0 Å². The van der Waals surface area contributed by atoms with Crippen LogP contribution >= 0.6 is 0 Å². The van der Waals surface area contributed by atoms with Gasteiger partial charge in [-0.05, 0) is 107 Å². The van der Waals surface area contributed by atoms with Gasteiger partial charge in [-0.15, -0.1) is 0 Å². The molecule has 2 aliphatic carbocycles. The SMILES string of the molecule is CC(CCN1CCCC1)S(=O)(=O)NC(=O)Nc1c2c(cc3c1CCC3)CCC2. The number of rotatable bonds is 6. The van der Waals surface area contributed by atoms with Gasteiger partial charge in [-0.1, -0.05) is 6.07 Å². The molecule has 1 atom stereocenters. The van der Waals surface area contributed by atoms with E-state index in [1.165, 1.54) is 35.1 Å². The summed E-state index contributed by atoms with van der Waals surface area (Å²) in [6, 6.07) is 1.67. The fraction of sp³-hybridized carbons (Fsp3) is 0.667. The average Bonchev–Trinajstić information content (AvgIpc) is 3.39. The molecule has 4 rings (SSSR count). The van der Waals surface area contributed by atoms with Crippen molar-refractivity contribution in [2.45, 2.75) is 70.0 Å². The molecule has 1 aromatic rings. The second kappa shape index (κ2) is 8.03. The van der Waals surface area contributed by atoms with Crippen molar-refractivity contribution in [3.63, 3.8) is 0 Å². The zero-order valence-corrected chi connectivity index (χ0v) is 17.5. The summed E-state index contributed by atoms with van der Waals surface area (Å²) in [7, 11) is -3.69. The molecule has 2 N–H and O–H groups in total. The number of sulfonamides is 1. The molecule has 1 fully saturated rings. The standard InChI is InChI=1S/C21H31N3O3S/c1-15(10-13-24-11-2-3-12-24)28(26,27)23-21(25)22-20-18-8-4-6-16(18)14-17-7-5-9-19(17)20/h14-15H,2-13H2,1H3,(H2,22,23,25). The molecule has 0 saturated carbocycles. The smallest absolute Gasteiger partial charge is 0.307 e. The number of nitrogens with one attached hydrogen (secondary N) is 2. The van der Waals surface area contributed by atoms with Crippen LogP contribution in [0.3, 0.4) is 0 Å². The minimum absolute atomic E-state index is 0.540. The number of carbonyl (C=O) groups is 1. The molecule has 6 nitrogen and oxygen atoms in total. The molecule has 1 saturated heterocycles. The summed E-state index contributed by atoms with van der Waals surface area (Å²) in [4.78, 5) is 14.9. The van der Waals surface area contributed by atoms with E-state index in [1.54, 1.807) is 6.92 Å². The van der Waals surface area contributed by atoms with Gasteiger partial charge in [-0.3, -0.25) is 0 Å². The van der Waals surface area contributed by atoms with Crippen LogP contribution in [-0.4, -0.2) is 44.2 Å². The molecular weight excluding hydrogens is 374 g/mol. The number of urea groups is 1. The molecular formula is C21H31N3O3S. The Bertz CT molecular complexity index is 828. The minimum Gasteiger partial charge on any atom is -0.307 e. The first kappa shape index (κ1) is 19.7. The molecule has 1 aromatic carbocycles. The van der Waals surface area contributed by atoms with E-state index in [9.17, 15) is 13.2 Å². The highest BCUT2D eigenvalue weighted by Gasteiger charge is 2.28. The van der Waals surface area contributed by atoms with Crippen molar-refractivity contribution in [3.05, 3.63) is 28.3 Å². The van der Waals surface area contributed by atoms with Crippen LogP contribution in [0.2, 0.25) is 0 Å².